The molecule has 26 heavy (non-hydrogen) atoms. The van der Waals surface area contributed by atoms with Crippen molar-refractivity contribution in [2.24, 2.45) is 0 Å². The minimum Gasteiger partial charge on any atom is -0.497 e. The summed E-state index contributed by atoms with van der Waals surface area (Å²) in [6.45, 7) is 4.17. The van der Waals surface area contributed by atoms with Crippen molar-refractivity contribution in [2.45, 2.75) is 11.8 Å². The Hall–Kier alpha value is -2.66. The van der Waals surface area contributed by atoms with Gasteiger partial charge in [0.25, 0.3) is 0 Å². The highest BCUT2D eigenvalue weighted by Gasteiger charge is 2.25. The van der Waals surface area contributed by atoms with Gasteiger partial charge in [-0.2, -0.15) is 5.26 Å². The Bertz CT molecular complexity index is 822. The highest BCUT2D eigenvalue weighted by atomic mass is 32.2. The van der Waals surface area contributed by atoms with E-state index in [-0.39, 0.29) is 5.91 Å². The number of aromatic nitrogens is 1. The van der Waals surface area contributed by atoms with E-state index in [4.69, 9.17) is 14.4 Å². The maximum Gasteiger partial charge on any atom is 0.234 e. The van der Waals surface area contributed by atoms with Crippen molar-refractivity contribution in [3.63, 3.8) is 0 Å². The molecular weight excluding hydrogens is 352 g/mol. The van der Waals surface area contributed by atoms with Gasteiger partial charge in [0.2, 0.25) is 17.5 Å². The molecule has 1 aromatic heterocycles. The molecule has 0 radical (unpaired) electrons. The Morgan fingerprint density at radius 3 is 2.85 bits per heavy atom. The number of ether oxygens (including phenoxy) is 1. The van der Waals surface area contributed by atoms with E-state index in [0.717, 1.165) is 10.6 Å². The summed E-state index contributed by atoms with van der Waals surface area (Å²) < 4.78 is 10.7. The largest absolute Gasteiger partial charge is 0.497 e. The molecule has 1 aromatic carbocycles. The number of nitriles is 1. The number of carbonyl (C=O) groups is 1. The highest BCUT2D eigenvalue weighted by molar-refractivity contribution is 8.00. The second kappa shape index (κ2) is 8.15. The number of amides is 1. The molecule has 0 bridgehead atoms. The van der Waals surface area contributed by atoms with Gasteiger partial charge in [-0.3, -0.25) is 4.79 Å². The fourth-order valence-electron chi connectivity index (χ4n) is 2.79. The third-order valence-electron chi connectivity index (χ3n) is 4.15. The lowest BCUT2D eigenvalue weighted by Crippen LogP contribution is -2.49. The van der Waals surface area contributed by atoms with Gasteiger partial charge in [0.1, 0.15) is 11.8 Å². The number of anilines is 1. The molecular formula is C18H20N4O3S. The van der Waals surface area contributed by atoms with Gasteiger partial charge in [0, 0.05) is 38.0 Å². The molecule has 2 heterocycles. The van der Waals surface area contributed by atoms with Gasteiger partial charge in [-0.1, -0.05) is 6.07 Å². The van der Waals surface area contributed by atoms with Crippen LogP contribution in [0.1, 0.15) is 11.6 Å². The predicted molar refractivity (Wildman–Crippen MR) is 98.5 cm³/mol. The monoisotopic (exact) mass is 372 g/mol. The molecule has 1 aliphatic heterocycles. The van der Waals surface area contributed by atoms with Crippen LogP contribution in [-0.2, 0) is 4.79 Å². The number of aryl methyl sites for hydroxylation is 1. The number of nitrogens with zero attached hydrogens (tertiary/aromatic N) is 4. The zero-order valence-electron chi connectivity index (χ0n) is 14.8. The minimum atomic E-state index is 0.103. The summed E-state index contributed by atoms with van der Waals surface area (Å²) in [7, 11) is 1.63. The molecule has 0 N–H and O–H groups in total. The molecule has 0 spiro atoms. The van der Waals surface area contributed by atoms with Crippen molar-refractivity contribution in [1.82, 2.24) is 9.88 Å². The fourth-order valence-corrected chi connectivity index (χ4v) is 3.64. The summed E-state index contributed by atoms with van der Waals surface area (Å²) in [5.74, 6) is 2.25. The Morgan fingerprint density at radius 2 is 2.15 bits per heavy atom. The van der Waals surface area contributed by atoms with Crippen LogP contribution in [0.15, 0.2) is 33.6 Å². The third kappa shape index (κ3) is 4.11. The highest BCUT2D eigenvalue weighted by Crippen LogP contribution is 2.25. The Morgan fingerprint density at radius 1 is 1.38 bits per heavy atom. The van der Waals surface area contributed by atoms with Crippen molar-refractivity contribution in [3.8, 4) is 11.8 Å². The minimum absolute atomic E-state index is 0.103. The fraction of sp³-hybridized carbons (Fsp3) is 0.389. The quantitative estimate of drug-likeness (QED) is 0.745. The van der Waals surface area contributed by atoms with Crippen LogP contribution in [0.5, 0.6) is 5.75 Å². The van der Waals surface area contributed by atoms with E-state index < -0.39 is 0 Å². The first-order valence-electron chi connectivity index (χ1n) is 8.28. The molecule has 0 saturated carbocycles. The number of hydrogen-bond donors (Lipinski definition) is 0. The summed E-state index contributed by atoms with van der Waals surface area (Å²) >= 11 is 1.50. The topological polar surface area (TPSA) is 82.6 Å². The van der Waals surface area contributed by atoms with Gasteiger partial charge in [-0.25, -0.2) is 4.98 Å². The molecule has 1 saturated heterocycles. The normalized spacial score (nSPS) is 14.2. The number of hydrogen-bond acceptors (Lipinski definition) is 7. The second-order valence-corrected chi connectivity index (χ2v) is 6.88. The number of benzene rings is 1. The van der Waals surface area contributed by atoms with Crippen LogP contribution < -0.4 is 9.64 Å². The predicted octanol–water partition coefficient (Wildman–Crippen LogP) is 2.30. The first-order valence-corrected chi connectivity index (χ1v) is 9.26. The van der Waals surface area contributed by atoms with E-state index in [0.29, 0.717) is 49.4 Å². The van der Waals surface area contributed by atoms with E-state index in [1.165, 1.54) is 11.8 Å². The van der Waals surface area contributed by atoms with Crippen LogP contribution in [0.25, 0.3) is 0 Å². The first kappa shape index (κ1) is 18.1. The molecule has 1 amide bonds. The van der Waals surface area contributed by atoms with Gasteiger partial charge in [-0.05, 0) is 18.2 Å². The SMILES string of the molecule is COc1cccc(SCC(=O)N2CCN(c3oc(C)nc3C#N)CC2)c1. The van der Waals surface area contributed by atoms with Gasteiger partial charge >= 0.3 is 0 Å². The molecule has 2 aromatic rings. The molecule has 1 fully saturated rings. The number of carbonyl (C=O) groups excluding carboxylic acids is 1. The summed E-state index contributed by atoms with van der Waals surface area (Å²) in [6, 6.07) is 9.74. The van der Waals surface area contributed by atoms with Gasteiger partial charge in [0.15, 0.2) is 5.89 Å². The van der Waals surface area contributed by atoms with Crippen molar-refractivity contribution >= 4 is 23.6 Å². The molecule has 1 aliphatic rings. The van der Waals surface area contributed by atoms with Crippen LogP contribution in [-0.4, -0.2) is 54.8 Å². The molecule has 8 heteroatoms. The number of oxazole rings is 1. The molecule has 0 aliphatic carbocycles. The third-order valence-corrected chi connectivity index (χ3v) is 5.12. The summed E-state index contributed by atoms with van der Waals surface area (Å²) in [5, 5.41) is 9.14. The van der Waals surface area contributed by atoms with E-state index >= 15 is 0 Å². The average Bonchev–Trinajstić information content (AvgIpc) is 3.07. The van der Waals surface area contributed by atoms with Crippen LogP contribution in [0.3, 0.4) is 0 Å². The van der Waals surface area contributed by atoms with Crippen molar-refractivity contribution < 1.29 is 13.9 Å². The number of piperazine rings is 1. The van der Waals surface area contributed by atoms with Crippen LogP contribution >= 0.6 is 11.8 Å². The van der Waals surface area contributed by atoms with E-state index in [9.17, 15) is 4.79 Å². The Balaban J connectivity index is 1.52. The molecule has 0 atom stereocenters. The number of rotatable bonds is 5. The van der Waals surface area contributed by atoms with E-state index in [2.05, 4.69) is 11.1 Å². The summed E-state index contributed by atoms with van der Waals surface area (Å²) in [6.07, 6.45) is 0. The lowest BCUT2D eigenvalue weighted by Gasteiger charge is -2.34. The molecule has 7 nitrogen and oxygen atoms in total. The Kier molecular flexibility index (Phi) is 5.68. The zero-order valence-corrected chi connectivity index (χ0v) is 15.6. The smallest absolute Gasteiger partial charge is 0.234 e. The van der Waals surface area contributed by atoms with E-state index in [1.807, 2.05) is 34.1 Å². The summed E-state index contributed by atoms with van der Waals surface area (Å²) in [5.41, 5.74) is 0.302. The number of thioether (sulfide) groups is 1. The van der Waals surface area contributed by atoms with E-state index in [1.54, 1.807) is 14.0 Å². The van der Waals surface area contributed by atoms with Crippen LogP contribution in [0.2, 0.25) is 0 Å². The lowest BCUT2D eigenvalue weighted by atomic mass is 10.3. The molecule has 3 rings (SSSR count). The zero-order chi connectivity index (χ0) is 18.5. The standard InChI is InChI=1S/C18H20N4O3S/c1-13-20-16(11-19)18(25-13)22-8-6-21(7-9-22)17(23)12-26-15-5-3-4-14(10-15)24-2/h3-5,10H,6-9,12H2,1-2H3. The number of methoxy groups -OCH3 is 1. The lowest BCUT2D eigenvalue weighted by molar-refractivity contribution is -0.128. The van der Waals surface area contributed by atoms with Crippen molar-refractivity contribution in [1.29, 1.82) is 5.26 Å². The average molecular weight is 372 g/mol. The van der Waals surface area contributed by atoms with Gasteiger partial charge < -0.3 is 19.0 Å². The van der Waals surface area contributed by atoms with Crippen LogP contribution in [0.4, 0.5) is 5.88 Å². The van der Waals surface area contributed by atoms with Gasteiger partial charge in [-0.15, -0.1) is 11.8 Å². The maximum atomic E-state index is 12.5. The van der Waals surface area contributed by atoms with Crippen LogP contribution in [0, 0.1) is 18.3 Å². The Labute approximate surface area is 156 Å². The van der Waals surface area contributed by atoms with Crippen molar-refractivity contribution in [3.05, 3.63) is 35.9 Å². The second-order valence-electron chi connectivity index (χ2n) is 5.83. The van der Waals surface area contributed by atoms with Gasteiger partial charge in [0.05, 0.1) is 12.9 Å². The molecule has 136 valence electrons. The van der Waals surface area contributed by atoms with Crippen molar-refractivity contribution in [2.75, 3.05) is 43.9 Å². The maximum absolute atomic E-state index is 12.5. The summed E-state index contributed by atoms with van der Waals surface area (Å²) in [4.78, 5) is 21.4. The first-order chi connectivity index (χ1) is 12.6. The molecule has 0 unspecified atom stereocenters.